The molecule has 0 bridgehead atoms. The van der Waals surface area contributed by atoms with Gasteiger partial charge >= 0.3 is 0 Å². The number of hydrogen-bond acceptors (Lipinski definition) is 2. The highest BCUT2D eigenvalue weighted by Crippen LogP contribution is 2.45. The molecule has 0 spiro atoms. The maximum atomic E-state index is 6.58. The van der Waals surface area contributed by atoms with E-state index in [4.69, 9.17) is 4.42 Å². The van der Waals surface area contributed by atoms with Gasteiger partial charge in [-0.1, -0.05) is 164 Å². The topological polar surface area (TPSA) is 16.4 Å². The lowest BCUT2D eigenvalue weighted by atomic mass is 9.92. The first-order valence-electron chi connectivity index (χ1n) is 18.4. The molecular formula is C52H35NO. The first-order chi connectivity index (χ1) is 26.8. The van der Waals surface area contributed by atoms with Crippen LogP contribution in [0.2, 0.25) is 0 Å². The number of anilines is 3. The molecule has 1 heterocycles. The van der Waals surface area contributed by atoms with Crippen molar-refractivity contribution in [3.63, 3.8) is 0 Å². The molecule has 0 aliphatic heterocycles. The molecular weight excluding hydrogens is 655 g/mol. The van der Waals surface area contributed by atoms with Crippen molar-refractivity contribution >= 4 is 49.8 Å². The SMILES string of the molecule is c1ccc(-c2ccccc2-c2cccc3oc4ccc(N(c5ccc(-c6ccc7ccccc7c6)cc5)c5ccccc5-c5ccccc5)cc4c23)cc1. The summed E-state index contributed by atoms with van der Waals surface area (Å²) in [4.78, 5) is 2.38. The van der Waals surface area contributed by atoms with Crippen molar-refractivity contribution < 1.29 is 4.42 Å². The van der Waals surface area contributed by atoms with Crippen LogP contribution in [-0.4, -0.2) is 0 Å². The summed E-state index contributed by atoms with van der Waals surface area (Å²) in [7, 11) is 0. The number of furan rings is 1. The summed E-state index contributed by atoms with van der Waals surface area (Å²) in [6.45, 7) is 0. The minimum Gasteiger partial charge on any atom is -0.456 e. The van der Waals surface area contributed by atoms with E-state index in [9.17, 15) is 0 Å². The molecule has 254 valence electrons. The third kappa shape index (κ3) is 5.62. The monoisotopic (exact) mass is 689 g/mol. The van der Waals surface area contributed by atoms with E-state index < -0.39 is 0 Å². The fraction of sp³-hybridized carbons (Fsp3) is 0. The Hall–Kier alpha value is -7.16. The van der Waals surface area contributed by atoms with Crippen molar-refractivity contribution in [3.05, 3.63) is 212 Å². The number of nitrogens with zero attached hydrogens (tertiary/aromatic N) is 1. The van der Waals surface area contributed by atoms with Crippen LogP contribution in [0.1, 0.15) is 0 Å². The second kappa shape index (κ2) is 13.4. The Morgan fingerprint density at radius 1 is 0.315 bits per heavy atom. The second-order valence-corrected chi connectivity index (χ2v) is 13.7. The van der Waals surface area contributed by atoms with Crippen molar-refractivity contribution in [2.45, 2.75) is 0 Å². The minimum absolute atomic E-state index is 0.862. The fourth-order valence-corrected chi connectivity index (χ4v) is 7.90. The van der Waals surface area contributed by atoms with E-state index >= 15 is 0 Å². The molecule has 0 N–H and O–H groups in total. The molecule has 54 heavy (non-hydrogen) atoms. The maximum Gasteiger partial charge on any atom is 0.136 e. The molecule has 0 unspecified atom stereocenters. The molecule has 0 aliphatic rings. The Kier molecular flexibility index (Phi) is 7.85. The molecule has 1 aromatic heterocycles. The van der Waals surface area contributed by atoms with Crippen molar-refractivity contribution in [1.82, 2.24) is 0 Å². The van der Waals surface area contributed by atoms with Gasteiger partial charge in [-0.05, 0) is 98.2 Å². The zero-order chi connectivity index (χ0) is 35.8. The van der Waals surface area contributed by atoms with Gasteiger partial charge < -0.3 is 9.32 Å². The van der Waals surface area contributed by atoms with Gasteiger partial charge in [-0.3, -0.25) is 0 Å². The van der Waals surface area contributed by atoms with Crippen molar-refractivity contribution in [2.24, 2.45) is 0 Å². The Morgan fingerprint density at radius 2 is 0.907 bits per heavy atom. The molecule has 2 heteroatoms. The summed E-state index contributed by atoms with van der Waals surface area (Å²) in [5.74, 6) is 0. The molecule has 10 rings (SSSR count). The summed E-state index contributed by atoms with van der Waals surface area (Å²) in [5.41, 5.74) is 14.4. The maximum absolute atomic E-state index is 6.58. The van der Waals surface area contributed by atoms with Crippen LogP contribution in [0.3, 0.4) is 0 Å². The van der Waals surface area contributed by atoms with Crippen LogP contribution in [0.15, 0.2) is 217 Å². The highest BCUT2D eigenvalue weighted by Gasteiger charge is 2.21. The quantitative estimate of drug-likeness (QED) is 0.166. The van der Waals surface area contributed by atoms with Gasteiger partial charge in [0, 0.05) is 27.7 Å². The van der Waals surface area contributed by atoms with Gasteiger partial charge in [-0.25, -0.2) is 0 Å². The lowest BCUT2D eigenvalue weighted by molar-refractivity contribution is 0.669. The predicted octanol–water partition coefficient (Wildman–Crippen LogP) is 14.9. The third-order valence-electron chi connectivity index (χ3n) is 10.5. The summed E-state index contributed by atoms with van der Waals surface area (Å²) in [6.07, 6.45) is 0. The van der Waals surface area contributed by atoms with E-state index in [0.29, 0.717) is 0 Å². The molecule has 10 aromatic rings. The van der Waals surface area contributed by atoms with E-state index in [-0.39, 0.29) is 0 Å². The Bertz CT molecular complexity index is 2920. The number of benzene rings is 9. The summed E-state index contributed by atoms with van der Waals surface area (Å²) in [6, 6.07) is 75.8. The van der Waals surface area contributed by atoms with Crippen LogP contribution in [0, 0.1) is 0 Å². The molecule has 0 fully saturated rings. The highest BCUT2D eigenvalue weighted by molar-refractivity contribution is 6.14. The fourth-order valence-electron chi connectivity index (χ4n) is 7.90. The summed E-state index contributed by atoms with van der Waals surface area (Å²) < 4.78 is 6.58. The average molecular weight is 690 g/mol. The van der Waals surface area contributed by atoms with E-state index in [0.717, 1.165) is 50.1 Å². The van der Waals surface area contributed by atoms with Crippen molar-refractivity contribution in [2.75, 3.05) is 4.90 Å². The lowest BCUT2D eigenvalue weighted by Crippen LogP contribution is -2.11. The number of fused-ring (bicyclic) bond motifs is 4. The smallest absolute Gasteiger partial charge is 0.136 e. The lowest BCUT2D eigenvalue weighted by Gasteiger charge is -2.28. The van der Waals surface area contributed by atoms with Crippen molar-refractivity contribution in [3.8, 4) is 44.5 Å². The van der Waals surface area contributed by atoms with Gasteiger partial charge in [0.15, 0.2) is 0 Å². The molecule has 0 radical (unpaired) electrons. The first-order valence-corrected chi connectivity index (χ1v) is 18.4. The van der Waals surface area contributed by atoms with Gasteiger partial charge in [-0.15, -0.1) is 0 Å². The first kappa shape index (κ1) is 31.6. The van der Waals surface area contributed by atoms with Crippen LogP contribution < -0.4 is 4.90 Å². The summed E-state index contributed by atoms with van der Waals surface area (Å²) >= 11 is 0. The van der Waals surface area contributed by atoms with Gasteiger partial charge in [0.05, 0.1) is 5.69 Å². The zero-order valence-corrected chi connectivity index (χ0v) is 29.6. The third-order valence-corrected chi connectivity index (χ3v) is 10.5. The largest absolute Gasteiger partial charge is 0.456 e. The molecule has 0 saturated heterocycles. The van der Waals surface area contributed by atoms with Crippen LogP contribution in [0.5, 0.6) is 0 Å². The van der Waals surface area contributed by atoms with Gasteiger partial charge in [0.25, 0.3) is 0 Å². The normalized spacial score (nSPS) is 11.3. The van der Waals surface area contributed by atoms with Gasteiger partial charge in [0.2, 0.25) is 0 Å². The molecule has 2 nitrogen and oxygen atoms in total. The number of rotatable bonds is 7. The van der Waals surface area contributed by atoms with E-state index in [2.05, 4.69) is 217 Å². The highest BCUT2D eigenvalue weighted by atomic mass is 16.3. The van der Waals surface area contributed by atoms with Crippen LogP contribution in [-0.2, 0) is 0 Å². The van der Waals surface area contributed by atoms with Gasteiger partial charge in [0.1, 0.15) is 11.2 Å². The van der Waals surface area contributed by atoms with Crippen molar-refractivity contribution in [1.29, 1.82) is 0 Å². The second-order valence-electron chi connectivity index (χ2n) is 13.7. The molecule has 0 saturated carbocycles. The molecule has 9 aromatic carbocycles. The van der Waals surface area contributed by atoms with E-state index in [1.165, 1.54) is 44.2 Å². The Balaban J connectivity index is 1.16. The number of hydrogen-bond donors (Lipinski definition) is 0. The molecule has 0 amide bonds. The van der Waals surface area contributed by atoms with Crippen LogP contribution in [0.25, 0.3) is 77.2 Å². The zero-order valence-electron chi connectivity index (χ0n) is 29.6. The average Bonchev–Trinajstić information content (AvgIpc) is 3.63. The Morgan fingerprint density at radius 3 is 1.69 bits per heavy atom. The van der Waals surface area contributed by atoms with Crippen LogP contribution >= 0.6 is 0 Å². The molecule has 0 atom stereocenters. The van der Waals surface area contributed by atoms with Crippen LogP contribution in [0.4, 0.5) is 17.1 Å². The van der Waals surface area contributed by atoms with Gasteiger partial charge in [-0.2, -0.15) is 0 Å². The molecule has 0 aliphatic carbocycles. The summed E-state index contributed by atoms with van der Waals surface area (Å²) in [5, 5.41) is 4.68. The Labute approximate surface area is 314 Å². The predicted molar refractivity (Wildman–Crippen MR) is 228 cm³/mol. The minimum atomic E-state index is 0.862. The van der Waals surface area contributed by atoms with E-state index in [1.54, 1.807) is 0 Å². The van der Waals surface area contributed by atoms with E-state index in [1.807, 2.05) is 0 Å². The number of para-hydroxylation sites is 1. The standard InChI is InChI=1S/C52H35NO/c1-3-15-38(16-4-1)44-20-9-10-22-46(44)47-23-13-25-51-52(47)48-35-43(32-33-50(48)54-51)53(49-24-12-11-21-45(49)39-17-5-2-6-18-39)42-30-28-37(29-31-42)41-27-26-36-14-7-8-19-40(36)34-41/h1-35H.